The Morgan fingerprint density at radius 1 is 1.05 bits per heavy atom. The van der Waals surface area contributed by atoms with Crippen LogP contribution >= 0.6 is 11.6 Å². The molecule has 1 aromatic carbocycles. The zero-order valence-corrected chi connectivity index (χ0v) is 25.4. The topological polar surface area (TPSA) is 136 Å². The van der Waals surface area contributed by atoms with Gasteiger partial charge in [-0.3, -0.25) is 9.71 Å². The number of benzene rings is 1. The fraction of sp³-hybridized carbons (Fsp3) is 0.370. The number of sulfonamides is 1. The van der Waals surface area contributed by atoms with Gasteiger partial charge >= 0.3 is 0 Å². The van der Waals surface area contributed by atoms with Crippen molar-refractivity contribution in [2.75, 3.05) is 33.7 Å². The Bertz CT molecular complexity index is 1360. The average Bonchev–Trinajstić information content (AvgIpc) is 3.19. The van der Waals surface area contributed by atoms with Crippen molar-refractivity contribution in [2.24, 2.45) is 5.10 Å². The summed E-state index contributed by atoms with van der Waals surface area (Å²) in [5.41, 5.74) is 6.61. The molecule has 0 spiro atoms. The molecule has 13 heteroatoms. The smallest absolute Gasteiger partial charge is 0.264 e. The number of rotatable bonds is 11. The molecule has 0 saturated heterocycles. The van der Waals surface area contributed by atoms with Gasteiger partial charge in [0.05, 0.1) is 45.1 Å². The van der Waals surface area contributed by atoms with Crippen LogP contribution in [0.2, 0.25) is 0 Å². The largest absolute Gasteiger partial charge is 0.493 e. The standard InChI is InChI=1S/C25H31ClN6O5S.C2H6/c1-16(31-27-2)23(13-26)38(33,34)32-18-8-6-7-17(9-10-18)20-14-28-15-24(30-20)29-19-11-21(35-3)25(37-5)22(12-19)36-4;1-2/h9-15,27,32H,6-8H2,1-5H3,(H,29,30);1-2H3/b23-13-,31-16-;. The van der Waals surface area contributed by atoms with Crippen LogP contribution in [0.5, 0.6) is 17.2 Å². The summed E-state index contributed by atoms with van der Waals surface area (Å²) in [5.74, 6) is 2.01. The molecule has 0 amide bonds. The third-order valence-corrected chi connectivity index (χ3v) is 7.44. The summed E-state index contributed by atoms with van der Waals surface area (Å²) in [7, 11) is 2.31. The SMILES string of the molecule is CC.CN/N=C(C)\C(=C\Cl)S(=O)(=O)NC1=CC=C(c2cncc(Nc3cc(OC)c(OC)c(OC)c3)n2)CCC1. The summed E-state index contributed by atoms with van der Waals surface area (Å²) in [6.45, 7) is 5.56. The minimum Gasteiger partial charge on any atom is -0.493 e. The number of anilines is 2. The molecule has 0 radical (unpaired) electrons. The molecule has 1 aliphatic rings. The lowest BCUT2D eigenvalue weighted by Gasteiger charge is -2.15. The molecule has 1 aromatic heterocycles. The van der Waals surface area contributed by atoms with E-state index >= 15 is 0 Å². The minimum atomic E-state index is -3.91. The van der Waals surface area contributed by atoms with Gasteiger partial charge in [-0.2, -0.15) is 5.10 Å². The summed E-state index contributed by atoms with van der Waals surface area (Å²) in [6, 6.07) is 3.54. The third-order valence-electron chi connectivity index (χ3n) is 5.57. The van der Waals surface area contributed by atoms with Crippen molar-refractivity contribution in [3.05, 3.63) is 58.5 Å². The van der Waals surface area contributed by atoms with Crippen LogP contribution in [-0.4, -0.2) is 52.5 Å². The lowest BCUT2D eigenvalue weighted by Crippen LogP contribution is -2.27. The number of halogens is 1. The molecular weight excluding hydrogens is 556 g/mol. The first-order valence-corrected chi connectivity index (χ1v) is 14.5. The summed E-state index contributed by atoms with van der Waals surface area (Å²) in [4.78, 5) is 8.92. The first-order chi connectivity index (χ1) is 19.3. The molecule has 0 unspecified atom stereocenters. The van der Waals surface area contributed by atoms with Gasteiger partial charge in [0.1, 0.15) is 10.7 Å². The Kier molecular flexibility index (Phi) is 12.8. The molecular formula is C27H37ClN6O5S. The van der Waals surface area contributed by atoms with Gasteiger partial charge < -0.3 is 25.0 Å². The van der Waals surface area contributed by atoms with Crippen LogP contribution in [0, 0.1) is 0 Å². The molecule has 3 N–H and O–H groups in total. The highest BCUT2D eigenvalue weighted by atomic mass is 35.5. The fourth-order valence-electron chi connectivity index (χ4n) is 3.80. The van der Waals surface area contributed by atoms with E-state index in [9.17, 15) is 8.42 Å². The summed E-state index contributed by atoms with van der Waals surface area (Å²) in [6.07, 6.45) is 8.76. The molecule has 40 heavy (non-hydrogen) atoms. The van der Waals surface area contributed by atoms with Gasteiger partial charge in [-0.25, -0.2) is 13.4 Å². The van der Waals surface area contributed by atoms with Crippen molar-refractivity contribution in [3.8, 4) is 17.2 Å². The second kappa shape index (κ2) is 15.7. The normalized spacial score (nSPS) is 14.0. The van der Waals surface area contributed by atoms with Crippen LogP contribution < -0.4 is 29.7 Å². The van der Waals surface area contributed by atoms with E-state index in [1.54, 1.807) is 65.9 Å². The Balaban J connectivity index is 0.00000274. The van der Waals surface area contributed by atoms with Crippen molar-refractivity contribution in [1.29, 1.82) is 0 Å². The van der Waals surface area contributed by atoms with Gasteiger partial charge in [-0.1, -0.05) is 31.5 Å². The molecule has 11 nitrogen and oxygen atoms in total. The predicted octanol–water partition coefficient (Wildman–Crippen LogP) is 5.32. The number of allylic oxidation sites excluding steroid dienone is 5. The van der Waals surface area contributed by atoms with Gasteiger partial charge in [0.25, 0.3) is 10.0 Å². The van der Waals surface area contributed by atoms with Gasteiger partial charge in [-0.15, -0.1) is 0 Å². The number of ether oxygens (including phenoxy) is 3. The summed E-state index contributed by atoms with van der Waals surface area (Å²) < 4.78 is 44.6. The number of hydrogen-bond donors (Lipinski definition) is 3. The van der Waals surface area contributed by atoms with E-state index < -0.39 is 10.0 Å². The average molecular weight is 593 g/mol. The van der Waals surface area contributed by atoms with E-state index in [1.165, 1.54) is 0 Å². The van der Waals surface area contributed by atoms with Gasteiger partial charge in [0, 0.05) is 36.1 Å². The molecule has 1 aliphatic carbocycles. The van der Waals surface area contributed by atoms with Gasteiger partial charge in [0.2, 0.25) is 5.75 Å². The van der Waals surface area contributed by atoms with Crippen LogP contribution in [0.15, 0.2) is 57.9 Å². The highest BCUT2D eigenvalue weighted by Gasteiger charge is 2.22. The third kappa shape index (κ3) is 8.36. The highest BCUT2D eigenvalue weighted by molar-refractivity contribution is 7.94. The van der Waals surface area contributed by atoms with Crippen molar-refractivity contribution in [1.82, 2.24) is 20.1 Å². The number of nitrogens with one attached hydrogen (secondary N) is 3. The zero-order valence-electron chi connectivity index (χ0n) is 23.8. The number of nitrogens with zero attached hydrogens (tertiary/aromatic N) is 3. The lowest BCUT2D eigenvalue weighted by atomic mass is 10.1. The predicted molar refractivity (Wildman–Crippen MR) is 161 cm³/mol. The quantitative estimate of drug-likeness (QED) is 0.234. The Morgan fingerprint density at radius 2 is 1.73 bits per heavy atom. The summed E-state index contributed by atoms with van der Waals surface area (Å²) >= 11 is 5.80. The first kappa shape index (κ1) is 32.4. The number of hydrogen-bond acceptors (Lipinski definition) is 10. The molecule has 0 atom stereocenters. The van der Waals surface area contributed by atoms with E-state index in [-0.39, 0.29) is 10.6 Å². The minimum absolute atomic E-state index is 0.112. The maximum absolute atomic E-state index is 12.9. The van der Waals surface area contributed by atoms with E-state index in [0.717, 1.165) is 11.1 Å². The lowest BCUT2D eigenvalue weighted by molar-refractivity contribution is 0.324. The second-order valence-corrected chi connectivity index (χ2v) is 9.93. The van der Waals surface area contributed by atoms with Gasteiger partial charge in [-0.05, 0) is 37.8 Å². The van der Waals surface area contributed by atoms with E-state index in [1.807, 2.05) is 19.9 Å². The van der Waals surface area contributed by atoms with Crippen LogP contribution in [0.1, 0.15) is 45.7 Å². The number of aromatic nitrogens is 2. The van der Waals surface area contributed by atoms with Gasteiger partial charge in [0.15, 0.2) is 11.5 Å². The molecule has 2 aromatic rings. The Labute approximate surface area is 241 Å². The fourth-order valence-corrected chi connectivity index (χ4v) is 5.49. The van der Waals surface area contributed by atoms with E-state index in [0.29, 0.717) is 59.4 Å². The molecule has 0 bridgehead atoms. The highest BCUT2D eigenvalue weighted by Crippen LogP contribution is 2.40. The summed E-state index contributed by atoms with van der Waals surface area (Å²) in [5, 5.41) is 7.13. The van der Waals surface area contributed by atoms with E-state index in [4.69, 9.17) is 30.8 Å². The first-order valence-electron chi connectivity index (χ1n) is 12.6. The number of methoxy groups -OCH3 is 3. The van der Waals surface area contributed by atoms with Crippen molar-refractivity contribution in [3.63, 3.8) is 0 Å². The van der Waals surface area contributed by atoms with Crippen molar-refractivity contribution < 1.29 is 22.6 Å². The van der Waals surface area contributed by atoms with Crippen molar-refractivity contribution in [2.45, 2.75) is 40.0 Å². The molecule has 0 fully saturated rings. The molecule has 3 rings (SSSR count). The van der Waals surface area contributed by atoms with Crippen LogP contribution in [0.4, 0.5) is 11.5 Å². The maximum Gasteiger partial charge on any atom is 0.264 e. The van der Waals surface area contributed by atoms with Crippen LogP contribution in [0.3, 0.4) is 0 Å². The molecule has 218 valence electrons. The van der Waals surface area contributed by atoms with E-state index in [2.05, 4.69) is 25.6 Å². The van der Waals surface area contributed by atoms with Crippen LogP contribution in [0.25, 0.3) is 5.57 Å². The molecule has 1 heterocycles. The monoisotopic (exact) mass is 592 g/mol. The van der Waals surface area contributed by atoms with Crippen molar-refractivity contribution >= 4 is 44.4 Å². The Hall–Kier alpha value is -3.77. The number of hydrazone groups is 1. The second-order valence-electron chi connectivity index (χ2n) is 8.07. The molecule has 0 saturated carbocycles. The van der Waals surface area contributed by atoms with Crippen LogP contribution in [-0.2, 0) is 10.0 Å². The Morgan fingerprint density at radius 3 is 2.30 bits per heavy atom. The molecule has 0 aliphatic heterocycles. The zero-order chi connectivity index (χ0) is 29.7. The maximum atomic E-state index is 12.9.